The van der Waals surface area contributed by atoms with Gasteiger partial charge in [0.25, 0.3) is 0 Å². The molecule has 70 heavy (non-hydrogen) atoms. The molecule has 0 radical (unpaired) electrons. The second-order valence-corrected chi connectivity index (χ2v) is 20.6. The first-order valence-corrected chi connectivity index (χ1v) is 25.5. The van der Waals surface area contributed by atoms with E-state index in [4.69, 9.17) is 9.97 Å². The van der Waals surface area contributed by atoms with Crippen LogP contribution in [-0.2, 0) is 0 Å². The predicted molar refractivity (Wildman–Crippen MR) is 302 cm³/mol. The summed E-state index contributed by atoms with van der Waals surface area (Å²) in [6.07, 6.45) is 3.61. The molecule has 0 atom stereocenters. The second-order valence-electron chi connectivity index (χ2n) is 18.6. The summed E-state index contributed by atoms with van der Waals surface area (Å²) >= 11 is 3.81. The van der Waals surface area contributed by atoms with Crippen molar-refractivity contribution in [1.29, 1.82) is 0 Å². The standard InChI is InChI=1S/C66H42N2S2/c1-39-11-3-23-55-57-25-9-21-51(65(57)69-63(39)55)49-19-7-17-45(35-49)41-13-5-15-43(33-41)47-27-29-53-59(37-47)60-38-48(28-30-54(60)62-61(53)67-31-32-68-62)44-16-6-14-42(34-44)46-18-8-20-50(36-46)52-22-10-26-58-56-24-4-12-40(2)64(56)70-66(52)58/h3-38H,1-2H3. The Morgan fingerprint density at radius 1 is 0.257 bits per heavy atom. The molecule has 14 rings (SSSR count). The van der Waals surface area contributed by atoms with Gasteiger partial charge in [0.05, 0.1) is 11.0 Å². The van der Waals surface area contributed by atoms with Gasteiger partial charge >= 0.3 is 0 Å². The third-order valence-corrected chi connectivity index (χ3v) is 17.2. The summed E-state index contributed by atoms with van der Waals surface area (Å²) in [6, 6.07) is 76.5. The number of thiophene rings is 2. The molecule has 11 aromatic carbocycles. The van der Waals surface area contributed by atoms with Crippen LogP contribution in [0.5, 0.6) is 0 Å². The van der Waals surface area contributed by atoms with Crippen molar-refractivity contribution < 1.29 is 0 Å². The summed E-state index contributed by atoms with van der Waals surface area (Å²) in [6.45, 7) is 4.43. The van der Waals surface area contributed by atoms with Gasteiger partial charge < -0.3 is 0 Å². The molecule has 0 saturated carbocycles. The summed E-state index contributed by atoms with van der Waals surface area (Å²) in [5, 5.41) is 9.84. The fourth-order valence-corrected chi connectivity index (χ4v) is 13.5. The van der Waals surface area contributed by atoms with Crippen LogP contribution in [-0.4, -0.2) is 9.97 Å². The highest BCUT2D eigenvalue weighted by Crippen LogP contribution is 2.45. The van der Waals surface area contributed by atoms with E-state index in [9.17, 15) is 0 Å². The molecular formula is C66H42N2S2. The van der Waals surface area contributed by atoms with E-state index in [0.717, 1.165) is 43.7 Å². The predicted octanol–water partition coefficient (Wildman–Crippen LogP) is 19.3. The van der Waals surface area contributed by atoms with Crippen LogP contribution >= 0.6 is 22.7 Å². The fraction of sp³-hybridized carbons (Fsp3) is 0.0303. The third-order valence-electron chi connectivity index (χ3n) is 14.4. The van der Waals surface area contributed by atoms with Crippen LogP contribution in [0.15, 0.2) is 219 Å². The van der Waals surface area contributed by atoms with Gasteiger partial charge in [-0.15, -0.1) is 22.7 Å². The van der Waals surface area contributed by atoms with E-state index in [0.29, 0.717) is 0 Å². The Balaban J connectivity index is 0.843. The molecule has 0 unspecified atom stereocenters. The first-order chi connectivity index (χ1) is 34.5. The lowest BCUT2D eigenvalue weighted by molar-refractivity contribution is 1.31. The lowest BCUT2D eigenvalue weighted by atomic mass is 9.91. The van der Waals surface area contributed by atoms with E-state index in [1.165, 1.54) is 107 Å². The molecule has 4 heteroatoms. The van der Waals surface area contributed by atoms with Crippen molar-refractivity contribution in [2.75, 3.05) is 0 Å². The van der Waals surface area contributed by atoms with Gasteiger partial charge in [0.2, 0.25) is 0 Å². The molecule has 3 heterocycles. The van der Waals surface area contributed by atoms with Crippen LogP contribution in [0.4, 0.5) is 0 Å². The highest BCUT2D eigenvalue weighted by molar-refractivity contribution is 7.27. The molecule has 0 aliphatic heterocycles. The molecule has 0 spiro atoms. The van der Waals surface area contributed by atoms with Crippen molar-refractivity contribution in [2.45, 2.75) is 13.8 Å². The van der Waals surface area contributed by atoms with Crippen LogP contribution in [0.3, 0.4) is 0 Å². The highest BCUT2D eigenvalue weighted by Gasteiger charge is 2.17. The summed E-state index contributed by atoms with van der Waals surface area (Å²) in [4.78, 5) is 9.82. The van der Waals surface area contributed by atoms with E-state index in [1.54, 1.807) is 12.4 Å². The molecule has 0 aliphatic rings. The van der Waals surface area contributed by atoms with Crippen LogP contribution in [0.2, 0.25) is 0 Å². The highest BCUT2D eigenvalue weighted by atomic mass is 32.1. The molecule has 0 aliphatic carbocycles. The SMILES string of the molecule is Cc1cccc2c1sc1c(-c3cccc(-c4cccc(-c5ccc6c(c5)c5cc(-c7cccc(-c8cccc(-c9cccc%10c9sc9c(C)cccc9%10)c8)c7)ccc5c5nccnc65)c4)c3)cccc12. The van der Waals surface area contributed by atoms with Crippen molar-refractivity contribution in [1.82, 2.24) is 9.97 Å². The van der Waals surface area contributed by atoms with Crippen molar-refractivity contribution >= 4 is 95.6 Å². The molecule has 0 saturated heterocycles. The lowest BCUT2D eigenvalue weighted by Gasteiger charge is -2.14. The minimum absolute atomic E-state index is 0.919. The lowest BCUT2D eigenvalue weighted by Crippen LogP contribution is -1.90. The number of benzene rings is 11. The number of aryl methyl sites for hydroxylation is 2. The zero-order valence-corrected chi connectivity index (χ0v) is 40.1. The van der Waals surface area contributed by atoms with Gasteiger partial charge in [-0.25, -0.2) is 0 Å². The van der Waals surface area contributed by atoms with E-state index in [-0.39, 0.29) is 0 Å². The maximum Gasteiger partial charge on any atom is 0.0971 e. The Bertz CT molecular complexity index is 4170. The minimum Gasteiger partial charge on any atom is -0.252 e. The molecule has 0 fully saturated rings. The van der Waals surface area contributed by atoms with Crippen molar-refractivity contribution in [3.05, 3.63) is 230 Å². The molecule has 14 aromatic rings. The average Bonchev–Trinajstić information content (AvgIpc) is 4.01. The molecular weight excluding hydrogens is 885 g/mol. The Hall–Kier alpha value is -8.28. The number of aromatic nitrogens is 2. The molecule has 0 amide bonds. The van der Waals surface area contributed by atoms with Gasteiger partial charge in [-0.3, -0.25) is 9.97 Å². The van der Waals surface area contributed by atoms with Crippen LogP contribution in [0, 0.1) is 13.8 Å². The van der Waals surface area contributed by atoms with E-state index >= 15 is 0 Å². The number of hydrogen-bond acceptors (Lipinski definition) is 4. The Morgan fingerprint density at radius 3 is 0.971 bits per heavy atom. The summed E-state index contributed by atoms with van der Waals surface area (Å²) in [5.41, 5.74) is 18.9. The summed E-state index contributed by atoms with van der Waals surface area (Å²) in [7, 11) is 0. The second kappa shape index (κ2) is 16.2. The first kappa shape index (κ1) is 40.8. The first-order valence-electron chi connectivity index (χ1n) is 23.9. The fourth-order valence-electron chi connectivity index (χ4n) is 10.9. The monoisotopic (exact) mass is 926 g/mol. The largest absolute Gasteiger partial charge is 0.252 e. The average molecular weight is 927 g/mol. The van der Waals surface area contributed by atoms with E-state index in [1.807, 2.05) is 22.7 Å². The zero-order chi connectivity index (χ0) is 46.5. The molecule has 0 bridgehead atoms. The maximum atomic E-state index is 4.91. The Morgan fingerprint density at radius 2 is 0.571 bits per heavy atom. The molecule has 3 aromatic heterocycles. The van der Waals surface area contributed by atoms with E-state index < -0.39 is 0 Å². The number of nitrogens with zero attached hydrogens (tertiary/aromatic N) is 2. The molecule has 2 nitrogen and oxygen atoms in total. The van der Waals surface area contributed by atoms with Gasteiger partial charge in [-0.2, -0.15) is 0 Å². The number of rotatable bonds is 6. The third kappa shape index (κ3) is 6.59. The van der Waals surface area contributed by atoms with Crippen molar-refractivity contribution in [3.63, 3.8) is 0 Å². The van der Waals surface area contributed by atoms with Crippen molar-refractivity contribution in [2.24, 2.45) is 0 Å². The van der Waals surface area contributed by atoms with Gasteiger partial charge in [-0.1, -0.05) is 170 Å². The summed E-state index contributed by atoms with van der Waals surface area (Å²) in [5.74, 6) is 0. The van der Waals surface area contributed by atoms with Gasteiger partial charge in [0.1, 0.15) is 0 Å². The van der Waals surface area contributed by atoms with Gasteiger partial charge in [0, 0.05) is 63.5 Å². The zero-order valence-electron chi connectivity index (χ0n) is 38.5. The van der Waals surface area contributed by atoms with Crippen LogP contribution in [0.25, 0.3) is 140 Å². The van der Waals surface area contributed by atoms with E-state index in [2.05, 4.69) is 220 Å². The van der Waals surface area contributed by atoms with Crippen LogP contribution < -0.4 is 0 Å². The molecule has 0 N–H and O–H groups in total. The van der Waals surface area contributed by atoms with Gasteiger partial charge in [-0.05, 0) is 139 Å². The number of fused-ring (bicyclic) bond motifs is 12. The normalized spacial score (nSPS) is 11.9. The van der Waals surface area contributed by atoms with Crippen molar-refractivity contribution in [3.8, 4) is 66.8 Å². The maximum absolute atomic E-state index is 4.91. The van der Waals surface area contributed by atoms with Crippen LogP contribution in [0.1, 0.15) is 11.1 Å². The topological polar surface area (TPSA) is 25.8 Å². The Labute approximate surface area is 413 Å². The number of hydrogen-bond donors (Lipinski definition) is 0. The minimum atomic E-state index is 0.919. The quantitative estimate of drug-likeness (QED) is 0.155. The van der Waals surface area contributed by atoms with Gasteiger partial charge in [0.15, 0.2) is 0 Å². The Kier molecular flexibility index (Phi) is 9.42. The summed E-state index contributed by atoms with van der Waals surface area (Å²) < 4.78 is 5.41. The molecule has 328 valence electrons. The smallest absolute Gasteiger partial charge is 0.0971 e.